The highest BCUT2D eigenvalue weighted by Crippen LogP contribution is 2.22. The predicted octanol–water partition coefficient (Wildman–Crippen LogP) is 1.29. The lowest BCUT2D eigenvalue weighted by molar-refractivity contribution is -0.143. The van der Waals surface area contributed by atoms with E-state index in [0.717, 1.165) is 5.56 Å². The van der Waals surface area contributed by atoms with Crippen molar-refractivity contribution in [3.05, 3.63) is 35.9 Å². The first-order valence-corrected chi connectivity index (χ1v) is 8.26. The minimum Gasteiger partial charge on any atom is -0.377 e. The molecule has 1 N–H and O–H groups in total. The van der Waals surface area contributed by atoms with Crippen molar-refractivity contribution in [2.24, 2.45) is 0 Å². The Morgan fingerprint density at radius 3 is 2.67 bits per heavy atom. The van der Waals surface area contributed by atoms with Crippen LogP contribution in [-0.4, -0.2) is 47.8 Å². The predicted molar refractivity (Wildman–Crippen MR) is 89.1 cm³/mol. The summed E-state index contributed by atoms with van der Waals surface area (Å²) < 4.78 is 5.32. The van der Waals surface area contributed by atoms with E-state index in [0.29, 0.717) is 26.0 Å². The Kier molecular flexibility index (Phi) is 6.49. The fraction of sp³-hybridized carbons (Fsp3) is 0.500. The van der Waals surface area contributed by atoms with E-state index in [2.05, 4.69) is 5.32 Å². The van der Waals surface area contributed by atoms with Gasteiger partial charge in [-0.2, -0.15) is 0 Å². The molecule has 1 aromatic rings. The van der Waals surface area contributed by atoms with Crippen LogP contribution in [0, 0.1) is 0 Å². The number of carbonyl (C=O) groups excluding carboxylic acids is 3. The molecule has 24 heavy (non-hydrogen) atoms. The Labute approximate surface area is 142 Å². The van der Waals surface area contributed by atoms with Crippen molar-refractivity contribution in [2.75, 3.05) is 13.2 Å². The van der Waals surface area contributed by atoms with E-state index in [9.17, 15) is 14.4 Å². The van der Waals surface area contributed by atoms with E-state index >= 15 is 0 Å². The van der Waals surface area contributed by atoms with Crippen LogP contribution in [-0.2, 0) is 25.7 Å². The molecule has 2 rings (SSSR count). The van der Waals surface area contributed by atoms with E-state index in [1.54, 1.807) is 0 Å². The third kappa shape index (κ3) is 4.89. The maximum Gasteiger partial charge on any atom is 0.289 e. The zero-order chi connectivity index (χ0) is 17.5. The summed E-state index contributed by atoms with van der Waals surface area (Å²) in [6.45, 7) is 4.78. The van der Waals surface area contributed by atoms with Crippen LogP contribution >= 0.6 is 0 Å². The van der Waals surface area contributed by atoms with Crippen molar-refractivity contribution in [1.82, 2.24) is 10.2 Å². The number of carbonyl (C=O) groups is 3. The van der Waals surface area contributed by atoms with Gasteiger partial charge in [0.2, 0.25) is 11.7 Å². The second-order valence-corrected chi connectivity index (χ2v) is 6.10. The molecule has 1 aliphatic heterocycles. The van der Waals surface area contributed by atoms with Crippen LogP contribution in [0.4, 0.5) is 0 Å². The van der Waals surface area contributed by atoms with Crippen molar-refractivity contribution >= 4 is 17.6 Å². The summed E-state index contributed by atoms with van der Waals surface area (Å²) in [6, 6.07) is 8.78. The molecule has 0 saturated carbocycles. The molecular formula is C18H24N2O4. The van der Waals surface area contributed by atoms with Crippen molar-refractivity contribution in [3.63, 3.8) is 0 Å². The summed E-state index contributed by atoms with van der Waals surface area (Å²) in [7, 11) is 0. The van der Waals surface area contributed by atoms with Gasteiger partial charge >= 0.3 is 0 Å². The molecule has 0 bridgehead atoms. The summed E-state index contributed by atoms with van der Waals surface area (Å²) in [5.74, 6) is -1.30. The summed E-state index contributed by atoms with van der Waals surface area (Å²) in [6.07, 6.45) is 0.763. The average molecular weight is 332 g/mol. The van der Waals surface area contributed by atoms with Gasteiger partial charge in [-0.1, -0.05) is 30.3 Å². The molecule has 6 heteroatoms. The van der Waals surface area contributed by atoms with Gasteiger partial charge in [-0.05, 0) is 25.8 Å². The number of ether oxygens (including phenoxy) is 1. The molecule has 0 aromatic heterocycles. The lowest BCUT2D eigenvalue weighted by Gasteiger charge is -2.23. The average Bonchev–Trinajstić information content (AvgIpc) is 2.92. The van der Waals surface area contributed by atoms with Crippen molar-refractivity contribution in [2.45, 2.75) is 45.4 Å². The summed E-state index contributed by atoms with van der Waals surface area (Å²) in [4.78, 5) is 38.0. The Bertz CT molecular complexity index is 586. The van der Waals surface area contributed by atoms with Gasteiger partial charge in [-0.15, -0.1) is 0 Å². The van der Waals surface area contributed by atoms with E-state index in [1.807, 2.05) is 44.2 Å². The first kappa shape index (κ1) is 18.1. The molecule has 1 saturated heterocycles. The maximum absolute atomic E-state index is 12.4. The Morgan fingerprint density at radius 1 is 1.29 bits per heavy atom. The second-order valence-electron chi connectivity index (χ2n) is 6.10. The number of Topliss-reactive ketones (excluding diaryl/α,β-unsaturated/α-hetero) is 1. The fourth-order valence-electron chi connectivity index (χ4n) is 2.68. The minimum atomic E-state index is -0.677. The summed E-state index contributed by atoms with van der Waals surface area (Å²) >= 11 is 0. The van der Waals surface area contributed by atoms with Gasteiger partial charge in [0.15, 0.2) is 0 Å². The number of ketones is 1. The van der Waals surface area contributed by atoms with Crippen molar-refractivity contribution in [3.8, 4) is 0 Å². The van der Waals surface area contributed by atoms with Crippen LogP contribution < -0.4 is 5.32 Å². The van der Waals surface area contributed by atoms with Crippen molar-refractivity contribution in [1.29, 1.82) is 0 Å². The van der Waals surface area contributed by atoms with E-state index in [4.69, 9.17) is 4.74 Å². The summed E-state index contributed by atoms with van der Waals surface area (Å²) in [5, 5.41) is 2.56. The largest absolute Gasteiger partial charge is 0.377 e. The highest BCUT2D eigenvalue weighted by molar-refractivity contribution is 6.38. The molecule has 1 fully saturated rings. The molecule has 2 amide bonds. The van der Waals surface area contributed by atoms with Crippen LogP contribution in [0.1, 0.15) is 32.3 Å². The zero-order valence-corrected chi connectivity index (χ0v) is 14.2. The molecule has 130 valence electrons. The lowest BCUT2D eigenvalue weighted by atomic mass is 10.1. The second kappa shape index (κ2) is 8.59. The van der Waals surface area contributed by atoms with Gasteiger partial charge in [-0.3, -0.25) is 14.4 Å². The topological polar surface area (TPSA) is 75.7 Å². The number of nitrogens with zero attached hydrogens (tertiary/aromatic N) is 1. The van der Waals surface area contributed by atoms with Crippen molar-refractivity contribution < 1.29 is 19.1 Å². The molecule has 0 aliphatic carbocycles. The minimum absolute atomic E-state index is 0.0754. The normalized spacial score (nSPS) is 17.4. The van der Waals surface area contributed by atoms with Gasteiger partial charge in [0, 0.05) is 19.5 Å². The highest BCUT2D eigenvalue weighted by Gasteiger charge is 2.38. The van der Waals surface area contributed by atoms with Gasteiger partial charge < -0.3 is 15.0 Å². The Balaban J connectivity index is 1.92. The number of amides is 2. The molecule has 1 aromatic carbocycles. The van der Waals surface area contributed by atoms with Crippen LogP contribution in [0.25, 0.3) is 0 Å². The number of hydrogen-bond donors (Lipinski definition) is 1. The van der Waals surface area contributed by atoms with E-state index < -0.39 is 17.7 Å². The molecule has 0 unspecified atom stereocenters. The van der Waals surface area contributed by atoms with Crippen LogP contribution in [0.3, 0.4) is 0 Å². The Morgan fingerprint density at radius 2 is 2.00 bits per heavy atom. The van der Waals surface area contributed by atoms with Crippen LogP contribution in [0.2, 0.25) is 0 Å². The highest BCUT2D eigenvalue weighted by atomic mass is 16.5. The molecule has 1 heterocycles. The molecular weight excluding hydrogens is 308 g/mol. The third-order valence-corrected chi connectivity index (χ3v) is 3.89. The standard InChI is InChI=1S/C18H24N2O4/c1-13(2)24-11-10-19-18(23)17(22)15-8-9-16(21)20(15)12-14-6-4-3-5-7-14/h3-7,13,15H,8-12H2,1-2H3,(H,19,23)/t15-/m1/s1. The SMILES string of the molecule is CC(C)OCCNC(=O)C(=O)[C@H]1CCC(=O)N1Cc1ccccc1. The Hall–Kier alpha value is -2.21. The van der Waals surface area contributed by atoms with Crippen LogP contribution in [0.5, 0.6) is 0 Å². The molecule has 6 nitrogen and oxygen atoms in total. The van der Waals surface area contributed by atoms with E-state index in [1.165, 1.54) is 4.90 Å². The third-order valence-electron chi connectivity index (χ3n) is 3.89. The molecule has 0 radical (unpaired) electrons. The number of rotatable bonds is 8. The fourth-order valence-corrected chi connectivity index (χ4v) is 2.68. The lowest BCUT2D eigenvalue weighted by Crippen LogP contribution is -2.46. The van der Waals surface area contributed by atoms with E-state index in [-0.39, 0.29) is 18.6 Å². The number of likely N-dealkylation sites (tertiary alicyclic amines) is 1. The monoisotopic (exact) mass is 332 g/mol. The zero-order valence-electron chi connectivity index (χ0n) is 14.2. The first-order chi connectivity index (χ1) is 11.5. The van der Waals surface area contributed by atoms with Crippen LogP contribution in [0.15, 0.2) is 30.3 Å². The number of nitrogens with one attached hydrogen (secondary N) is 1. The van der Waals surface area contributed by atoms with Gasteiger partial charge in [0.05, 0.1) is 12.7 Å². The molecule has 1 atom stereocenters. The number of hydrogen-bond acceptors (Lipinski definition) is 4. The maximum atomic E-state index is 12.4. The number of benzene rings is 1. The smallest absolute Gasteiger partial charge is 0.289 e. The van der Waals surface area contributed by atoms with Gasteiger partial charge in [-0.25, -0.2) is 0 Å². The molecule has 0 spiro atoms. The quantitative estimate of drug-likeness (QED) is 0.575. The molecule has 1 aliphatic rings. The summed E-state index contributed by atoms with van der Waals surface area (Å²) in [5.41, 5.74) is 0.941. The first-order valence-electron chi connectivity index (χ1n) is 8.26. The van der Waals surface area contributed by atoms with Gasteiger partial charge in [0.1, 0.15) is 6.04 Å². The van der Waals surface area contributed by atoms with Gasteiger partial charge in [0.25, 0.3) is 5.91 Å².